The van der Waals surface area contributed by atoms with Crippen molar-refractivity contribution in [3.63, 3.8) is 0 Å². The number of carbonyl (C=O) groups is 1. The Kier molecular flexibility index (Phi) is 5.29. The zero-order chi connectivity index (χ0) is 14.4. The first-order chi connectivity index (χ1) is 9.07. The zero-order valence-corrected chi connectivity index (χ0v) is 11.8. The van der Waals surface area contributed by atoms with Gasteiger partial charge in [-0.05, 0) is 6.92 Å². The molecule has 1 aromatic rings. The summed E-state index contributed by atoms with van der Waals surface area (Å²) in [6.45, 7) is 2.86. The van der Waals surface area contributed by atoms with Crippen LogP contribution in [0.15, 0.2) is 12.1 Å². The van der Waals surface area contributed by atoms with Crippen LogP contribution in [0.5, 0.6) is 11.5 Å². The van der Waals surface area contributed by atoms with Crippen LogP contribution in [0.4, 0.5) is 11.4 Å². The molecule has 6 heteroatoms. The molecule has 0 radical (unpaired) electrons. The fourth-order valence-electron chi connectivity index (χ4n) is 1.78. The van der Waals surface area contributed by atoms with Gasteiger partial charge in [0.05, 0.1) is 32.1 Å². The van der Waals surface area contributed by atoms with Crippen LogP contribution in [0.1, 0.15) is 6.92 Å². The normalized spacial score (nSPS) is 9.89. The van der Waals surface area contributed by atoms with E-state index in [1.165, 1.54) is 0 Å². The Morgan fingerprint density at radius 2 is 1.89 bits per heavy atom. The van der Waals surface area contributed by atoms with Crippen molar-refractivity contribution in [3.05, 3.63) is 12.1 Å². The zero-order valence-electron chi connectivity index (χ0n) is 11.8. The number of nitrogen functional groups attached to an aromatic ring is 1. The third-order valence-electron chi connectivity index (χ3n) is 2.87. The minimum atomic E-state index is -0.0731. The monoisotopic (exact) mass is 267 g/mol. The predicted octanol–water partition coefficient (Wildman–Crippen LogP) is 0.858. The molecule has 6 nitrogen and oxygen atoms in total. The number of hydrogen-bond donors (Lipinski definition) is 2. The largest absolute Gasteiger partial charge is 0.493 e. The van der Waals surface area contributed by atoms with Crippen LogP contribution in [0.25, 0.3) is 0 Å². The van der Waals surface area contributed by atoms with Crippen molar-refractivity contribution >= 4 is 17.3 Å². The average Bonchev–Trinajstić information content (AvgIpc) is 2.44. The second kappa shape index (κ2) is 6.72. The van der Waals surface area contributed by atoms with Crippen molar-refractivity contribution in [1.82, 2.24) is 5.32 Å². The molecular formula is C13H21N3O3. The lowest BCUT2D eigenvalue weighted by Gasteiger charge is -2.24. The van der Waals surface area contributed by atoms with Crippen LogP contribution in [-0.4, -0.2) is 40.3 Å². The third-order valence-corrected chi connectivity index (χ3v) is 2.87. The second-order valence-electron chi connectivity index (χ2n) is 3.95. The highest BCUT2D eigenvalue weighted by Gasteiger charge is 2.15. The number of anilines is 2. The molecular weight excluding hydrogens is 246 g/mol. The molecule has 0 aliphatic rings. The van der Waals surface area contributed by atoms with Crippen molar-refractivity contribution in [2.75, 3.05) is 45.0 Å². The fourth-order valence-corrected chi connectivity index (χ4v) is 1.78. The lowest BCUT2D eigenvalue weighted by Crippen LogP contribution is -2.35. The molecule has 0 aliphatic heterocycles. The van der Waals surface area contributed by atoms with Gasteiger partial charge in [-0.3, -0.25) is 4.79 Å². The van der Waals surface area contributed by atoms with Crippen LogP contribution < -0.4 is 25.4 Å². The van der Waals surface area contributed by atoms with Gasteiger partial charge in [-0.15, -0.1) is 0 Å². The van der Waals surface area contributed by atoms with Crippen LogP contribution >= 0.6 is 0 Å². The first kappa shape index (κ1) is 14.9. The van der Waals surface area contributed by atoms with Crippen molar-refractivity contribution in [3.8, 4) is 11.5 Å². The van der Waals surface area contributed by atoms with E-state index in [1.807, 2.05) is 11.8 Å². The minimum Gasteiger partial charge on any atom is -0.493 e. The van der Waals surface area contributed by atoms with Crippen molar-refractivity contribution in [1.29, 1.82) is 0 Å². The molecule has 1 aromatic carbocycles. The van der Waals surface area contributed by atoms with Crippen LogP contribution in [0.2, 0.25) is 0 Å². The highest BCUT2D eigenvalue weighted by Crippen LogP contribution is 2.36. The smallest absolute Gasteiger partial charge is 0.239 e. The van der Waals surface area contributed by atoms with E-state index < -0.39 is 0 Å². The first-order valence-corrected chi connectivity index (χ1v) is 6.04. The number of rotatable bonds is 6. The molecule has 0 saturated carbocycles. The SMILES string of the molecule is CCN(CC(=O)NC)c1cc(OC)c(OC)cc1N. The number of carbonyl (C=O) groups excluding carboxylic acids is 1. The summed E-state index contributed by atoms with van der Waals surface area (Å²) >= 11 is 0. The molecule has 0 bridgehead atoms. The molecule has 1 rings (SSSR count). The van der Waals surface area contributed by atoms with E-state index >= 15 is 0 Å². The lowest BCUT2D eigenvalue weighted by atomic mass is 10.2. The van der Waals surface area contributed by atoms with E-state index in [9.17, 15) is 4.79 Å². The number of nitrogens with two attached hydrogens (primary N) is 1. The van der Waals surface area contributed by atoms with Gasteiger partial charge < -0.3 is 25.4 Å². The number of amides is 1. The molecule has 0 aliphatic carbocycles. The summed E-state index contributed by atoms with van der Waals surface area (Å²) < 4.78 is 10.4. The summed E-state index contributed by atoms with van der Waals surface area (Å²) in [6.07, 6.45) is 0. The Morgan fingerprint density at radius 3 is 2.37 bits per heavy atom. The molecule has 0 saturated heterocycles. The molecule has 1 amide bonds. The minimum absolute atomic E-state index is 0.0731. The van der Waals surface area contributed by atoms with Gasteiger partial charge >= 0.3 is 0 Å². The van der Waals surface area contributed by atoms with Gasteiger partial charge in [0, 0.05) is 25.7 Å². The molecule has 19 heavy (non-hydrogen) atoms. The van der Waals surface area contributed by atoms with Crippen LogP contribution in [0, 0.1) is 0 Å². The second-order valence-corrected chi connectivity index (χ2v) is 3.95. The van der Waals surface area contributed by atoms with E-state index in [0.29, 0.717) is 23.7 Å². The summed E-state index contributed by atoms with van der Waals surface area (Å²) in [6, 6.07) is 3.47. The van der Waals surface area contributed by atoms with E-state index in [2.05, 4.69) is 5.32 Å². The summed E-state index contributed by atoms with van der Waals surface area (Å²) in [4.78, 5) is 13.4. The summed E-state index contributed by atoms with van der Waals surface area (Å²) in [7, 11) is 4.72. The van der Waals surface area contributed by atoms with E-state index in [4.69, 9.17) is 15.2 Å². The van der Waals surface area contributed by atoms with Crippen LogP contribution in [0.3, 0.4) is 0 Å². The van der Waals surface area contributed by atoms with Gasteiger partial charge in [0.1, 0.15) is 0 Å². The molecule has 0 spiro atoms. The van der Waals surface area contributed by atoms with Gasteiger partial charge in [-0.25, -0.2) is 0 Å². The van der Waals surface area contributed by atoms with Crippen molar-refractivity contribution in [2.45, 2.75) is 6.92 Å². The molecule has 0 fully saturated rings. The van der Waals surface area contributed by atoms with E-state index in [1.54, 1.807) is 33.4 Å². The molecule has 106 valence electrons. The predicted molar refractivity (Wildman–Crippen MR) is 75.9 cm³/mol. The molecule has 0 heterocycles. The van der Waals surface area contributed by atoms with Crippen molar-refractivity contribution < 1.29 is 14.3 Å². The lowest BCUT2D eigenvalue weighted by molar-refractivity contribution is -0.119. The maximum Gasteiger partial charge on any atom is 0.239 e. The Balaban J connectivity index is 3.13. The standard InChI is InChI=1S/C13H21N3O3/c1-5-16(8-13(17)15-2)10-7-12(19-4)11(18-3)6-9(10)14/h6-7H,5,8,14H2,1-4H3,(H,15,17). The highest BCUT2D eigenvalue weighted by atomic mass is 16.5. The van der Waals surface area contributed by atoms with Gasteiger partial charge in [0.2, 0.25) is 5.91 Å². The Bertz CT molecular complexity index is 449. The summed E-state index contributed by atoms with van der Waals surface area (Å²) in [5.74, 6) is 1.08. The summed E-state index contributed by atoms with van der Waals surface area (Å²) in [5.41, 5.74) is 7.30. The van der Waals surface area contributed by atoms with Crippen molar-refractivity contribution in [2.24, 2.45) is 0 Å². The molecule has 3 N–H and O–H groups in total. The average molecular weight is 267 g/mol. The quantitative estimate of drug-likeness (QED) is 0.748. The molecule has 0 atom stereocenters. The Labute approximate surface area is 113 Å². The third kappa shape index (κ3) is 3.43. The molecule has 0 unspecified atom stereocenters. The fraction of sp³-hybridized carbons (Fsp3) is 0.462. The maximum atomic E-state index is 11.5. The number of likely N-dealkylation sites (N-methyl/N-ethyl adjacent to an activating group) is 2. The molecule has 0 aromatic heterocycles. The van der Waals surface area contributed by atoms with Gasteiger partial charge in [-0.1, -0.05) is 0 Å². The number of ether oxygens (including phenoxy) is 2. The van der Waals surface area contributed by atoms with Crippen LogP contribution in [-0.2, 0) is 4.79 Å². The van der Waals surface area contributed by atoms with Gasteiger partial charge in [0.25, 0.3) is 0 Å². The highest BCUT2D eigenvalue weighted by molar-refractivity contribution is 5.83. The van der Waals surface area contributed by atoms with Gasteiger partial charge in [-0.2, -0.15) is 0 Å². The van der Waals surface area contributed by atoms with Gasteiger partial charge in [0.15, 0.2) is 11.5 Å². The number of hydrogen-bond acceptors (Lipinski definition) is 5. The van der Waals surface area contributed by atoms with E-state index in [0.717, 1.165) is 5.69 Å². The number of methoxy groups -OCH3 is 2. The van der Waals surface area contributed by atoms with E-state index in [-0.39, 0.29) is 12.5 Å². The number of benzene rings is 1. The summed E-state index contributed by atoms with van der Waals surface area (Å²) in [5, 5.41) is 2.59. The number of nitrogens with zero attached hydrogens (tertiary/aromatic N) is 1. The maximum absolute atomic E-state index is 11.5. The number of nitrogens with one attached hydrogen (secondary N) is 1. The Morgan fingerprint density at radius 1 is 1.32 bits per heavy atom. The Hall–Kier alpha value is -2.11. The topological polar surface area (TPSA) is 76.8 Å². The first-order valence-electron chi connectivity index (χ1n) is 6.04.